The molecule has 0 bridgehead atoms. The first-order valence-corrected chi connectivity index (χ1v) is 21.2. The lowest BCUT2D eigenvalue weighted by molar-refractivity contribution is 0.629. The Labute approximate surface area is 363 Å². The molecule has 3 heterocycles. The first-order chi connectivity index (χ1) is 31.1. The van der Waals surface area contributed by atoms with Gasteiger partial charge in [0.1, 0.15) is 5.82 Å². The maximum Gasteiger partial charge on any atom is 0.160 e. The number of fused-ring (bicyclic) bond motifs is 6. The molecule has 0 saturated heterocycles. The lowest BCUT2D eigenvalue weighted by Gasteiger charge is -2.12. The zero-order valence-corrected chi connectivity index (χ0v) is 34.0. The zero-order chi connectivity index (χ0) is 41.9. The number of halogens is 1. The Morgan fingerprint density at radius 1 is 0.286 bits per heavy atom. The molecule has 12 aromatic rings. The topological polar surface area (TPSA) is 35.6 Å². The third-order valence-corrected chi connectivity index (χ3v) is 12.2. The number of hydrogen-bond acceptors (Lipinski definition) is 2. The van der Waals surface area contributed by atoms with Crippen LogP contribution < -0.4 is 0 Å². The molecule has 0 unspecified atom stereocenters. The van der Waals surface area contributed by atoms with Crippen molar-refractivity contribution in [1.82, 2.24) is 19.1 Å². The normalized spacial score (nSPS) is 11.6. The number of benzene rings is 9. The van der Waals surface area contributed by atoms with E-state index in [4.69, 9.17) is 9.97 Å². The van der Waals surface area contributed by atoms with Gasteiger partial charge in [-0.15, -0.1) is 0 Å². The van der Waals surface area contributed by atoms with Crippen molar-refractivity contribution in [3.05, 3.63) is 230 Å². The summed E-state index contributed by atoms with van der Waals surface area (Å²) >= 11 is 0. The molecular weight excluding hydrogens is 772 g/mol. The summed E-state index contributed by atoms with van der Waals surface area (Å²) in [5.74, 6) is 0.444. The molecule has 0 aliphatic carbocycles. The summed E-state index contributed by atoms with van der Waals surface area (Å²) in [5, 5.41) is 4.21. The van der Waals surface area contributed by atoms with Crippen LogP contribution in [0.15, 0.2) is 224 Å². The van der Waals surface area contributed by atoms with Crippen LogP contribution in [0.4, 0.5) is 4.39 Å². The standard InChI is InChI=1S/C58H37FN4/c59-45-26-32-57-51(36-45)50-35-44(25-31-56(50)62(57)46-19-11-4-12-20-46)43-24-30-55-49(34-43)48-33-42(38-13-5-1-6-14-38)23-29-54(48)63(55)47-27-21-40(22-28-47)53-37-52(39-15-7-2-8-16-39)60-58(61-53)41-17-9-3-10-18-41/h1-37H. The number of aromatic nitrogens is 4. The minimum absolute atomic E-state index is 0.248. The van der Waals surface area contributed by atoms with Crippen molar-refractivity contribution in [3.63, 3.8) is 0 Å². The van der Waals surface area contributed by atoms with E-state index in [1.807, 2.05) is 60.7 Å². The molecular formula is C58H37FN4. The van der Waals surface area contributed by atoms with Crippen LogP contribution in [0.2, 0.25) is 0 Å². The van der Waals surface area contributed by atoms with E-state index in [2.05, 4.69) is 161 Å². The van der Waals surface area contributed by atoms with Gasteiger partial charge in [0.25, 0.3) is 0 Å². The summed E-state index contributed by atoms with van der Waals surface area (Å²) in [6.45, 7) is 0. The van der Waals surface area contributed by atoms with Gasteiger partial charge in [-0.3, -0.25) is 0 Å². The summed E-state index contributed by atoms with van der Waals surface area (Å²) in [5.41, 5.74) is 15.6. The van der Waals surface area contributed by atoms with Gasteiger partial charge < -0.3 is 9.13 Å². The van der Waals surface area contributed by atoms with Crippen molar-refractivity contribution in [2.45, 2.75) is 0 Å². The highest BCUT2D eigenvalue weighted by Gasteiger charge is 2.18. The summed E-state index contributed by atoms with van der Waals surface area (Å²) in [6.07, 6.45) is 0. The van der Waals surface area contributed by atoms with Crippen molar-refractivity contribution in [3.8, 4) is 67.5 Å². The largest absolute Gasteiger partial charge is 0.309 e. The smallest absolute Gasteiger partial charge is 0.160 e. The Bertz CT molecular complexity index is 3590. The monoisotopic (exact) mass is 808 g/mol. The highest BCUT2D eigenvalue weighted by Crippen LogP contribution is 2.40. The summed E-state index contributed by atoms with van der Waals surface area (Å²) in [7, 11) is 0. The maximum absolute atomic E-state index is 14.9. The molecule has 12 rings (SSSR count). The number of nitrogens with zero attached hydrogens (tertiary/aromatic N) is 4. The Morgan fingerprint density at radius 2 is 0.651 bits per heavy atom. The molecule has 0 amide bonds. The Hall–Kier alpha value is -8.41. The van der Waals surface area contributed by atoms with Gasteiger partial charge in [-0.2, -0.15) is 0 Å². The molecule has 9 aromatic carbocycles. The van der Waals surface area contributed by atoms with Crippen molar-refractivity contribution < 1.29 is 4.39 Å². The minimum Gasteiger partial charge on any atom is -0.309 e. The molecule has 0 aliphatic heterocycles. The van der Waals surface area contributed by atoms with E-state index in [0.717, 1.165) is 99.8 Å². The van der Waals surface area contributed by atoms with Gasteiger partial charge in [-0.05, 0) is 107 Å². The van der Waals surface area contributed by atoms with Crippen molar-refractivity contribution >= 4 is 43.6 Å². The molecule has 63 heavy (non-hydrogen) atoms. The molecule has 0 saturated carbocycles. The maximum atomic E-state index is 14.9. The molecule has 0 fully saturated rings. The first-order valence-electron chi connectivity index (χ1n) is 21.2. The predicted molar refractivity (Wildman–Crippen MR) is 258 cm³/mol. The highest BCUT2D eigenvalue weighted by atomic mass is 19.1. The zero-order valence-electron chi connectivity index (χ0n) is 34.0. The van der Waals surface area contributed by atoms with E-state index in [9.17, 15) is 4.39 Å². The summed E-state index contributed by atoms with van der Waals surface area (Å²) in [6, 6.07) is 77.2. The molecule has 0 atom stereocenters. The number of rotatable bonds is 7. The van der Waals surface area contributed by atoms with E-state index >= 15 is 0 Å². The van der Waals surface area contributed by atoms with Crippen LogP contribution in [0.3, 0.4) is 0 Å². The van der Waals surface area contributed by atoms with Crippen molar-refractivity contribution in [2.24, 2.45) is 0 Å². The second-order valence-corrected chi connectivity index (χ2v) is 16.0. The average Bonchev–Trinajstić information content (AvgIpc) is 3.86. The van der Waals surface area contributed by atoms with E-state index in [-0.39, 0.29) is 5.82 Å². The fourth-order valence-corrected chi connectivity index (χ4v) is 9.17. The molecule has 0 N–H and O–H groups in total. The predicted octanol–water partition coefficient (Wildman–Crippen LogP) is 15.1. The van der Waals surface area contributed by atoms with Crippen LogP contribution in [0, 0.1) is 5.82 Å². The fourth-order valence-electron chi connectivity index (χ4n) is 9.17. The van der Waals surface area contributed by atoms with Gasteiger partial charge in [0.2, 0.25) is 0 Å². The molecule has 4 nitrogen and oxygen atoms in total. The highest BCUT2D eigenvalue weighted by molar-refractivity contribution is 6.13. The second-order valence-electron chi connectivity index (χ2n) is 16.0. The third-order valence-electron chi connectivity index (χ3n) is 12.2. The summed E-state index contributed by atoms with van der Waals surface area (Å²) in [4.78, 5) is 10.1. The third kappa shape index (κ3) is 6.37. The second kappa shape index (κ2) is 14.9. The van der Waals surface area contributed by atoms with Crippen LogP contribution in [0.5, 0.6) is 0 Å². The van der Waals surface area contributed by atoms with Gasteiger partial charge in [0.05, 0.1) is 33.5 Å². The van der Waals surface area contributed by atoms with E-state index in [0.29, 0.717) is 5.82 Å². The quantitative estimate of drug-likeness (QED) is 0.161. The van der Waals surface area contributed by atoms with Crippen LogP contribution in [0.1, 0.15) is 0 Å². The average molecular weight is 809 g/mol. The number of hydrogen-bond donors (Lipinski definition) is 0. The van der Waals surface area contributed by atoms with E-state index in [1.54, 1.807) is 12.1 Å². The molecule has 296 valence electrons. The molecule has 0 aliphatic rings. The van der Waals surface area contributed by atoms with Gasteiger partial charge in [-0.25, -0.2) is 14.4 Å². The fraction of sp³-hybridized carbons (Fsp3) is 0. The van der Waals surface area contributed by atoms with Gasteiger partial charge in [-0.1, -0.05) is 140 Å². The lowest BCUT2D eigenvalue weighted by atomic mass is 9.99. The van der Waals surface area contributed by atoms with Crippen LogP contribution in [0.25, 0.3) is 111 Å². The minimum atomic E-state index is -0.248. The van der Waals surface area contributed by atoms with Crippen molar-refractivity contribution in [1.29, 1.82) is 0 Å². The Balaban J connectivity index is 1.00. The van der Waals surface area contributed by atoms with Crippen molar-refractivity contribution in [2.75, 3.05) is 0 Å². The molecule has 3 aromatic heterocycles. The molecule has 0 spiro atoms. The van der Waals surface area contributed by atoms with E-state index in [1.165, 1.54) is 5.56 Å². The SMILES string of the molecule is Fc1ccc2c(c1)c1cc(-c3ccc4c(c3)c3cc(-c5ccccc5)ccc3n4-c3ccc(-c4cc(-c5ccccc5)nc(-c5ccccc5)n4)cc3)ccc1n2-c1ccccc1. The van der Waals surface area contributed by atoms with Crippen LogP contribution in [-0.4, -0.2) is 19.1 Å². The van der Waals surface area contributed by atoms with Crippen LogP contribution in [-0.2, 0) is 0 Å². The lowest BCUT2D eigenvalue weighted by Crippen LogP contribution is -1.97. The van der Waals surface area contributed by atoms with Crippen LogP contribution >= 0.6 is 0 Å². The molecule has 5 heteroatoms. The Morgan fingerprint density at radius 3 is 1.16 bits per heavy atom. The van der Waals surface area contributed by atoms with E-state index < -0.39 is 0 Å². The molecule has 0 radical (unpaired) electrons. The van der Waals surface area contributed by atoms with Gasteiger partial charge >= 0.3 is 0 Å². The first kappa shape index (κ1) is 36.4. The number of para-hydroxylation sites is 1. The van der Waals surface area contributed by atoms with Gasteiger partial charge in [0, 0.05) is 49.6 Å². The van der Waals surface area contributed by atoms with Gasteiger partial charge in [0.15, 0.2) is 5.82 Å². The summed E-state index contributed by atoms with van der Waals surface area (Å²) < 4.78 is 19.4. The Kier molecular flexibility index (Phi) is 8.64.